The van der Waals surface area contributed by atoms with Crippen molar-refractivity contribution in [1.82, 2.24) is 0 Å². The second kappa shape index (κ2) is 11.1. The summed E-state index contributed by atoms with van der Waals surface area (Å²) in [5.74, 6) is 0. The van der Waals surface area contributed by atoms with Gasteiger partial charge < -0.3 is 0 Å². The van der Waals surface area contributed by atoms with Crippen molar-refractivity contribution in [1.29, 1.82) is 0 Å². The fourth-order valence-electron chi connectivity index (χ4n) is 10.4. The standard InChI is InChI=1S/C54H40/c1-53(2)46-26-13-11-19-37(46)45-32-44(50-43-24-12-14-27-47(43)54(3,4)52(50)51(45)53)34-28-30-35(31-29-34)48-39-20-7-9-22-41(39)49(42-23-10-8-21-40(42)48)38-25-15-17-33-16-5-6-18-36(33)38/h5-32H,1-4H3. The van der Waals surface area contributed by atoms with Crippen molar-refractivity contribution in [2.45, 2.75) is 38.5 Å². The SMILES string of the molecule is CC1(C)c2ccccc2-c2cc(-c3ccc(-c4c5ccccc5c(-c5cccc6ccccc56)c5ccccc45)cc3)c3c(c21)C(C)(C)c1ccccc1-3. The highest BCUT2D eigenvalue weighted by Gasteiger charge is 2.46. The molecule has 0 spiro atoms. The molecule has 0 heteroatoms. The first-order chi connectivity index (χ1) is 26.3. The van der Waals surface area contributed by atoms with Crippen LogP contribution in [0.3, 0.4) is 0 Å². The van der Waals surface area contributed by atoms with E-state index in [-0.39, 0.29) is 10.8 Å². The third-order valence-corrected chi connectivity index (χ3v) is 12.8. The molecule has 0 nitrogen and oxygen atoms in total. The van der Waals surface area contributed by atoms with Crippen LogP contribution in [-0.2, 0) is 10.8 Å². The lowest BCUT2D eigenvalue weighted by Crippen LogP contribution is -2.24. The minimum atomic E-state index is -0.116. The van der Waals surface area contributed by atoms with E-state index in [0.717, 1.165) is 0 Å². The molecule has 9 aromatic rings. The van der Waals surface area contributed by atoms with Crippen LogP contribution in [0.15, 0.2) is 170 Å². The van der Waals surface area contributed by atoms with Gasteiger partial charge in [0.15, 0.2) is 0 Å². The van der Waals surface area contributed by atoms with Gasteiger partial charge in [0, 0.05) is 10.8 Å². The highest BCUT2D eigenvalue weighted by Crippen LogP contribution is 2.61. The second-order valence-electron chi connectivity index (χ2n) is 16.4. The van der Waals surface area contributed by atoms with Crippen molar-refractivity contribution >= 4 is 32.3 Å². The first kappa shape index (κ1) is 31.3. The second-order valence-corrected chi connectivity index (χ2v) is 16.4. The Labute approximate surface area is 317 Å². The summed E-state index contributed by atoms with van der Waals surface area (Å²) < 4.78 is 0. The predicted molar refractivity (Wildman–Crippen MR) is 230 cm³/mol. The number of hydrogen-bond acceptors (Lipinski definition) is 0. The van der Waals surface area contributed by atoms with Crippen LogP contribution in [0.25, 0.3) is 88.0 Å². The molecule has 0 atom stereocenters. The Morgan fingerprint density at radius 2 is 0.759 bits per heavy atom. The van der Waals surface area contributed by atoms with Crippen molar-refractivity contribution < 1.29 is 0 Å². The molecule has 2 aliphatic rings. The number of hydrogen-bond donors (Lipinski definition) is 0. The molecular formula is C54H40. The third-order valence-electron chi connectivity index (χ3n) is 12.8. The van der Waals surface area contributed by atoms with Crippen molar-refractivity contribution in [3.63, 3.8) is 0 Å². The fourth-order valence-corrected chi connectivity index (χ4v) is 10.4. The maximum absolute atomic E-state index is 2.51. The average molecular weight is 689 g/mol. The highest BCUT2D eigenvalue weighted by molar-refractivity contribution is 6.23. The summed E-state index contributed by atoms with van der Waals surface area (Å²) in [5, 5.41) is 7.66. The smallest absolute Gasteiger partial charge is 0.0162 e. The average Bonchev–Trinajstić information content (AvgIpc) is 3.59. The molecule has 2 aliphatic carbocycles. The summed E-state index contributed by atoms with van der Waals surface area (Å²) in [6, 6.07) is 63.6. The van der Waals surface area contributed by atoms with Crippen LogP contribution in [0.4, 0.5) is 0 Å². The van der Waals surface area contributed by atoms with Gasteiger partial charge in [-0.2, -0.15) is 0 Å². The lowest BCUT2D eigenvalue weighted by Gasteiger charge is -2.31. The van der Waals surface area contributed by atoms with E-state index in [9.17, 15) is 0 Å². The molecule has 11 rings (SSSR count). The first-order valence-corrected chi connectivity index (χ1v) is 19.3. The molecule has 0 N–H and O–H groups in total. The molecular weight excluding hydrogens is 649 g/mol. The summed E-state index contributed by atoms with van der Waals surface area (Å²) in [6.45, 7) is 9.71. The van der Waals surface area contributed by atoms with Crippen molar-refractivity contribution in [2.24, 2.45) is 0 Å². The van der Waals surface area contributed by atoms with Gasteiger partial charge in [0.2, 0.25) is 0 Å². The Bertz CT molecular complexity index is 2960. The van der Waals surface area contributed by atoms with Gasteiger partial charge in [-0.1, -0.05) is 191 Å². The Morgan fingerprint density at radius 1 is 0.296 bits per heavy atom. The molecule has 0 saturated heterocycles. The molecule has 0 bridgehead atoms. The van der Waals surface area contributed by atoms with Crippen LogP contribution in [0.1, 0.15) is 49.9 Å². The van der Waals surface area contributed by atoms with E-state index in [1.807, 2.05) is 0 Å². The Balaban J connectivity index is 1.15. The van der Waals surface area contributed by atoms with Gasteiger partial charge in [-0.25, -0.2) is 0 Å². The lowest BCUT2D eigenvalue weighted by molar-refractivity contribution is 0.601. The molecule has 0 unspecified atom stereocenters. The normalized spacial score (nSPS) is 14.6. The van der Waals surface area contributed by atoms with Gasteiger partial charge >= 0.3 is 0 Å². The minimum absolute atomic E-state index is 0.0853. The van der Waals surface area contributed by atoms with Crippen molar-refractivity contribution in [2.75, 3.05) is 0 Å². The maximum Gasteiger partial charge on any atom is 0.0162 e. The minimum Gasteiger partial charge on any atom is -0.0619 e. The molecule has 0 heterocycles. The largest absolute Gasteiger partial charge is 0.0619 e. The number of rotatable bonds is 3. The Morgan fingerprint density at radius 3 is 1.43 bits per heavy atom. The molecule has 0 saturated carbocycles. The van der Waals surface area contributed by atoms with Crippen LogP contribution >= 0.6 is 0 Å². The molecule has 9 aromatic carbocycles. The monoisotopic (exact) mass is 688 g/mol. The lowest BCUT2D eigenvalue weighted by atomic mass is 9.71. The van der Waals surface area contributed by atoms with E-state index in [2.05, 4.69) is 198 Å². The van der Waals surface area contributed by atoms with Crippen LogP contribution in [0.2, 0.25) is 0 Å². The highest BCUT2D eigenvalue weighted by atomic mass is 14.5. The molecule has 54 heavy (non-hydrogen) atoms. The predicted octanol–water partition coefficient (Wildman–Crippen LogP) is 14.8. The zero-order valence-corrected chi connectivity index (χ0v) is 31.2. The van der Waals surface area contributed by atoms with Crippen LogP contribution < -0.4 is 0 Å². The zero-order valence-electron chi connectivity index (χ0n) is 31.2. The van der Waals surface area contributed by atoms with E-state index in [1.54, 1.807) is 0 Å². The summed E-state index contributed by atoms with van der Waals surface area (Å²) in [4.78, 5) is 0. The van der Waals surface area contributed by atoms with Crippen LogP contribution in [0, 0.1) is 0 Å². The van der Waals surface area contributed by atoms with E-state index in [1.165, 1.54) is 110 Å². The first-order valence-electron chi connectivity index (χ1n) is 19.3. The summed E-state index contributed by atoms with van der Waals surface area (Å²) in [6.07, 6.45) is 0. The Kier molecular flexibility index (Phi) is 6.46. The van der Waals surface area contributed by atoms with Gasteiger partial charge in [-0.05, 0) is 116 Å². The molecule has 256 valence electrons. The summed E-state index contributed by atoms with van der Waals surface area (Å²) in [5.41, 5.74) is 18.8. The van der Waals surface area contributed by atoms with Crippen LogP contribution in [-0.4, -0.2) is 0 Å². The molecule has 0 radical (unpaired) electrons. The third kappa shape index (κ3) is 4.14. The van der Waals surface area contributed by atoms with E-state index in [0.29, 0.717) is 0 Å². The van der Waals surface area contributed by atoms with Crippen molar-refractivity contribution in [3.05, 3.63) is 192 Å². The summed E-state index contributed by atoms with van der Waals surface area (Å²) in [7, 11) is 0. The number of benzene rings is 9. The van der Waals surface area contributed by atoms with Crippen molar-refractivity contribution in [3.8, 4) is 55.6 Å². The zero-order chi connectivity index (χ0) is 36.3. The van der Waals surface area contributed by atoms with E-state index < -0.39 is 0 Å². The van der Waals surface area contributed by atoms with Crippen LogP contribution in [0.5, 0.6) is 0 Å². The maximum atomic E-state index is 2.51. The van der Waals surface area contributed by atoms with Gasteiger partial charge in [0.1, 0.15) is 0 Å². The number of fused-ring (bicyclic) bond motifs is 10. The molecule has 0 aromatic heterocycles. The quantitative estimate of drug-likeness (QED) is 0.162. The summed E-state index contributed by atoms with van der Waals surface area (Å²) >= 11 is 0. The van der Waals surface area contributed by atoms with Gasteiger partial charge in [0.25, 0.3) is 0 Å². The van der Waals surface area contributed by atoms with Gasteiger partial charge in [-0.3, -0.25) is 0 Å². The van der Waals surface area contributed by atoms with E-state index >= 15 is 0 Å². The van der Waals surface area contributed by atoms with Gasteiger partial charge in [0.05, 0.1) is 0 Å². The topological polar surface area (TPSA) is 0 Å². The molecule has 0 aliphatic heterocycles. The fraction of sp³-hybridized carbons (Fsp3) is 0.111. The van der Waals surface area contributed by atoms with Gasteiger partial charge in [-0.15, -0.1) is 0 Å². The Hall–Kier alpha value is -6.24. The molecule has 0 fully saturated rings. The molecule has 0 amide bonds. The van der Waals surface area contributed by atoms with E-state index in [4.69, 9.17) is 0 Å².